The van der Waals surface area contributed by atoms with Gasteiger partial charge in [-0.25, -0.2) is 0 Å². The number of carbonyl (C=O) groups excluding carboxylic acids is 1. The molecule has 1 aliphatic heterocycles. The molecule has 1 N–H and O–H groups in total. The molecule has 140 valence electrons. The number of ether oxygens (including phenoxy) is 1. The first-order chi connectivity index (χ1) is 13.0. The number of aromatic hydroxyl groups is 1. The summed E-state index contributed by atoms with van der Waals surface area (Å²) in [7, 11) is 1.67. The summed E-state index contributed by atoms with van der Waals surface area (Å²) >= 11 is 8.07. The molecular weight excluding hydrogens is 398 g/mol. The van der Waals surface area contributed by atoms with Gasteiger partial charge in [-0.15, -0.1) is 11.8 Å². The Labute approximate surface area is 172 Å². The fourth-order valence-electron chi connectivity index (χ4n) is 2.75. The van der Waals surface area contributed by atoms with Crippen LogP contribution in [0.1, 0.15) is 12.5 Å². The van der Waals surface area contributed by atoms with E-state index in [9.17, 15) is 9.90 Å². The van der Waals surface area contributed by atoms with Crippen molar-refractivity contribution in [1.29, 1.82) is 0 Å². The van der Waals surface area contributed by atoms with E-state index in [0.717, 1.165) is 16.0 Å². The van der Waals surface area contributed by atoms with Crippen molar-refractivity contribution < 1.29 is 14.6 Å². The first-order valence-corrected chi connectivity index (χ1v) is 10.8. The van der Waals surface area contributed by atoms with Crippen molar-refractivity contribution in [3.05, 3.63) is 46.9 Å². The molecule has 0 spiro atoms. The van der Waals surface area contributed by atoms with Gasteiger partial charge in [-0.05, 0) is 48.6 Å². The maximum absolute atomic E-state index is 12.3. The molecule has 0 saturated carbocycles. The highest BCUT2D eigenvalue weighted by Crippen LogP contribution is 2.43. The van der Waals surface area contributed by atoms with Crippen LogP contribution < -0.4 is 4.74 Å². The van der Waals surface area contributed by atoms with Crippen molar-refractivity contribution in [2.24, 2.45) is 0 Å². The predicted molar refractivity (Wildman–Crippen MR) is 117 cm³/mol. The van der Waals surface area contributed by atoms with Crippen LogP contribution in [0.25, 0.3) is 17.2 Å². The molecule has 2 aromatic rings. The van der Waals surface area contributed by atoms with Crippen LogP contribution in [0, 0.1) is 0 Å². The second kappa shape index (κ2) is 8.37. The number of benzene rings is 2. The molecule has 0 bridgehead atoms. The minimum atomic E-state index is -0.123. The van der Waals surface area contributed by atoms with Crippen LogP contribution in [-0.2, 0) is 4.79 Å². The summed E-state index contributed by atoms with van der Waals surface area (Å²) in [5.41, 5.74) is 2.36. The van der Waals surface area contributed by atoms with Gasteiger partial charge in [0.1, 0.15) is 4.32 Å². The van der Waals surface area contributed by atoms with Crippen molar-refractivity contribution in [2.75, 3.05) is 19.9 Å². The zero-order valence-corrected chi connectivity index (χ0v) is 17.6. The summed E-state index contributed by atoms with van der Waals surface area (Å²) in [6.07, 6.45) is 3.78. The van der Waals surface area contributed by atoms with Gasteiger partial charge in [0.05, 0.1) is 11.5 Å². The van der Waals surface area contributed by atoms with E-state index in [0.29, 0.717) is 27.1 Å². The number of thioether (sulfide) groups is 2. The number of thiocarbonyl (C=S) groups is 1. The zero-order valence-electron chi connectivity index (χ0n) is 15.2. The highest BCUT2D eigenvalue weighted by Gasteiger charge is 2.29. The monoisotopic (exact) mass is 417 g/mol. The molecule has 0 unspecified atom stereocenters. The molecule has 27 heavy (non-hydrogen) atoms. The maximum atomic E-state index is 12.3. The number of carbonyl (C=O) groups is 1. The van der Waals surface area contributed by atoms with Gasteiger partial charge in [-0.2, -0.15) is 0 Å². The molecule has 0 aliphatic carbocycles. The second-order valence-corrected chi connectivity index (χ2v) is 8.31. The van der Waals surface area contributed by atoms with Gasteiger partial charge in [0.15, 0.2) is 11.5 Å². The Kier molecular flexibility index (Phi) is 6.14. The van der Waals surface area contributed by atoms with Crippen molar-refractivity contribution in [3.8, 4) is 22.6 Å². The van der Waals surface area contributed by atoms with Crippen LogP contribution in [-0.4, -0.2) is 40.1 Å². The fraction of sp³-hybridized carbons (Fsp3) is 0.200. The first-order valence-electron chi connectivity index (χ1n) is 8.31. The van der Waals surface area contributed by atoms with Crippen LogP contribution in [0.5, 0.6) is 11.5 Å². The lowest BCUT2D eigenvalue weighted by molar-refractivity contribution is -0.121. The van der Waals surface area contributed by atoms with Crippen LogP contribution in [0.4, 0.5) is 0 Å². The Bertz CT molecular complexity index is 940. The van der Waals surface area contributed by atoms with Gasteiger partial charge in [0, 0.05) is 17.5 Å². The summed E-state index contributed by atoms with van der Waals surface area (Å²) in [5.74, 6) is 0.366. The van der Waals surface area contributed by atoms with Crippen molar-refractivity contribution in [3.63, 3.8) is 0 Å². The lowest BCUT2D eigenvalue weighted by Crippen LogP contribution is -2.22. The Morgan fingerprint density at radius 3 is 2.67 bits per heavy atom. The number of rotatable bonds is 5. The summed E-state index contributed by atoms with van der Waals surface area (Å²) in [6.45, 7) is 2.29. The number of amides is 1. The summed E-state index contributed by atoms with van der Waals surface area (Å²) < 4.78 is 6.16. The molecule has 0 aromatic heterocycles. The first kappa shape index (κ1) is 19.8. The molecule has 1 aliphatic rings. The molecule has 1 amide bonds. The topological polar surface area (TPSA) is 49.8 Å². The molecule has 3 rings (SSSR count). The number of phenolic OH excluding ortho intramolecular Hbond substituents is 1. The van der Waals surface area contributed by atoms with E-state index in [1.54, 1.807) is 31.0 Å². The maximum Gasteiger partial charge on any atom is 0.265 e. The van der Waals surface area contributed by atoms with Crippen LogP contribution in [0.2, 0.25) is 0 Å². The van der Waals surface area contributed by atoms with Gasteiger partial charge in [-0.1, -0.05) is 42.2 Å². The van der Waals surface area contributed by atoms with Gasteiger partial charge in [-0.3, -0.25) is 9.69 Å². The van der Waals surface area contributed by atoms with E-state index in [-0.39, 0.29) is 11.7 Å². The molecular formula is C20H19NO3S3. The van der Waals surface area contributed by atoms with Gasteiger partial charge < -0.3 is 9.84 Å². The smallest absolute Gasteiger partial charge is 0.265 e. The third kappa shape index (κ3) is 4.00. The van der Waals surface area contributed by atoms with Gasteiger partial charge >= 0.3 is 0 Å². The summed E-state index contributed by atoms with van der Waals surface area (Å²) in [4.78, 5) is 15.4. The average Bonchev–Trinajstić information content (AvgIpc) is 2.91. The Balaban J connectivity index is 2.15. The molecule has 2 aromatic carbocycles. The fourth-order valence-corrected chi connectivity index (χ4v) is 4.54. The van der Waals surface area contributed by atoms with Crippen LogP contribution in [0.3, 0.4) is 0 Å². The van der Waals surface area contributed by atoms with E-state index in [1.807, 2.05) is 43.5 Å². The lowest BCUT2D eigenvalue weighted by Gasteiger charge is -2.14. The zero-order chi connectivity index (χ0) is 19.6. The van der Waals surface area contributed by atoms with E-state index in [1.165, 1.54) is 16.7 Å². The van der Waals surface area contributed by atoms with E-state index >= 15 is 0 Å². The third-order valence-electron chi connectivity index (χ3n) is 4.08. The quantitative estimate of drug-likeness (QED) is 0.419. The number of likely N-dealkylation sites (N-methyl/N-ethyl adjacent to an activating group) is 1. The van der Waals surface area contributed by atoms with Crippen molar-refractivity contribution >= 4 is 52.0 Å². The van der Waals surface area contributed by atoms with Gasteiger partial charge in [0.25, 0.3) is 5.91 Å². The standard InChI is InChI=1S/C20H19NO3S3/c1-4-24-15-10-12(11-17-19(23)21(2)20(25)27-17)9-14(18(15)22)13-7-5-6-8-16(13)26-3/h5-11,22H,4H2,1-3H3. The number of phenols is 1. The van der Waals surface area contributed by atoms with E-state index in [4.69, 9.17) is 17.0 Å². The Morgan fingerprint density at radius 1 is 1.30 bits per heavy atom. The summed E-state index contributed by atoms with van der Waals surface area (Å²) in [5, 5.41) is 10.8. The molecule has 0 radical (unpaired) electrons. The normalized spacial score (nSPS) is 15.7. The minimum absolute atomic E-state index is 0.0959. The number of nitrogens with zero attached hydrogens (tertiary/aromatic N) is 1. The number of hydrogen-bond acceptors (Lipinski definition) is 6. The average molecular weight is 418 g/mol. The van der Waals surface area contributed by atoms with Crippen LogP contribution >= 0.6 is 35.7 Å². The highest BCUT2D eigenvalue weighted by molar-refractivity contribution is 8.26. The minimum Gasteiger partial charge on any atom is -0.504 e. The van der Waals surface area contributed by atoms with E-state index in [2.05, 4.69) is 0 Å². The Hall–Kier alpha value is -1.96. The molecule has 1 fully saturated rings. The molecule has 4 nitrogen and oxygen atoms in total. The molecule has 7 heteroatoms. The molecule has 0 atom stereocenters. The third-order valence-corrected chi connectivity index (χ3v) is 6.36. The predicted octanol–water partition coefficient (Wildman–Crippen LogP) is 5.01. The van der Waals surface area contributed by atoms with Crippen molar-refractivity contribution in [2.45, 2.75) is 11.8 Å². The van der Waals surface area contributed by atoms with Gasteiger partial charge in [0.2, 0.25) is 0 Å². The Morgan fingerprint density at radius 2 is 2.04 bits per heavy atom. The van der Waals surface area contributed by atoms with Crippen molar-refractivity contribution in [1.82, 2.24) is 4.90 Å². The highest BCUT2D eigenvalue weighted by atomic mass is 32.2. The molecule has 1 heterocycles. The lowest BCUT2D eigenvalue weighted by atomic mass is 10.0. The number of hydrogen-bond donors (Lipinski definition) is 1. The second-order valence-electron chi connectivity index (χ2n) is 5.79. The SMILES string of the molecule is CCOc1cc(C=C2SC(=S)N(C)C2=O)cc(-c2ccccc2SC)c1O. The summed E-state index contributed by atoms with van der Waals surface area (Å²) in [6, 6.07) is 11.5. The van der Waals surface area contributed by atoms with E-state index < -0.39 is 0 Å². The largest absolute Gasteiger partial charge is 0.504 e. The van der Waals surface area contributed by atoms with Crippen LogP contribution in [0.15, 0.2) is 46.2 Å². The molecule has 1 saturated heterocycles.